The highest BCUT2D eigenvalue weighted by Crippen LogP contribution is 2.47. The van der Waals surface area contributed by atoms with Crippen molar-refractivity contribution in [3.8, 4) is 0 Å². The fraction of sp³-hybridized carbons (Fsp3) is 0.375. The zero-order chi connectivity index (χ0) is 14.0. The summed E-state index contributed by atoms with van der Waals surface area (Å²) < 4.78 is 0.922. The highest BCUT2D eigenvalue weighted by molar-refractivity contribution is 9.10. The van der Waals surface area contributed by atoms with Crippen molar-refractivity contribution in [3.05, 3.63) is 52.4 Å². The van der Waals surface area contributed by atoms with E-state index in [1.54, 1.807) is 0 Å². The second-order valence-corrected chi connectivity index (χ2v) is 6.08. The SMILES string of the molecule is CCNc1nc(C2(c3ccccc3)CCC2)ncc1Br. The van der Waals surface area contributed by atoms with E-state index in [1.165, 1.54) is 12.0 Å². The lowest BCUT2D eigenvalue weighted by Gasteiger charge is -2.41. The van der Waals surface area contributed by atoms with Gasteiger partial charge >= 0.3 is 0 Å². The van der Waals surface area contributed by atoms with Crippen LogP contribution in [0.25, 0.3) is 0 Å². The van der Waals surface area contributed by atoms with E-state index in [0.717, 1.165) is 35.5 Å². The quantitative estimate of drug-likeness (QED) is 0.914. The number of halogens is 1. The molecule has 1 aromatic heterocycles. The Morgan fingerprint density at radius 1 is 1.25 bits per heavy atom. The summed E-state index contributed by atoms with van der Waals surface area (Å²) in [5, 5.41) is 3.29. The van der Waals surface area contributed by atoms with Gasteiger partial charge in [-0.2, -0.15) is 0 Å². The van der Waals surface area contributed by atoms with Gasteiger partial charge < -0.3 is 5.32 Å². The number of nitrogens with one attached hydrogen (secondary N) is 1. The summed E-state index contributed by atoms with van der Waals surface area (Å²) in [6, 6.07) is 10.6. The van der Waals surface area contributed by atoms with E-state index in [2.05, 4.69) is 63.5 Å². The Labute approximate surface area is 128 Å². The predicted molar refractivity (Wildman–Crippen MR) is 85.0 cm³/mol. The molecule has 0 aliphatic heterocycles. The van der Waals surface area contributed by atoms with E-state index in [0.29, 0.717) is 0 Å². The van der Waals surface area contributed by atoms with Crippen LogP contribution in [-0.4, -0.2) is 16.5 Å². The van der Waals surface area contributed by atoms with Crippen molar-refractivity contribution in [3.63, 3.8) is 0 Å². The maximum atomic E-state index is 4.76. The molecule has 0 saturated heterocycles. The largest absolute Gasteiger partial charge is 0.369 e. The lowest BCUT2D eigenvalue weighted by molar-refractivity contribution is 0.285. The molecule has 1 saturated carbocycles. The Morgan fingerprint density at radius 2 is 2.00 bits per heavy atom. The Bertz CT molecular complexity index is 594. The first kappa shape index (κ1) is 13.6. The monoisotopic (exact) mass is 331 g/mol. The molecule has 1 N–H and O–H groups in total. The van der Waals surface area contributed by atoms with Gasteiger partial charge in [0.15, 0.2) is 0 Å². The van der Waals surface area contributed by atoms with Crippen LogP contribution in [0.2, 0.25) is 0 Å². The summed E-state index contributed by atoms with van der Waals surface area (Å²) in [7, 11) is 0. The molecule has 1 aliphatic rings. The minimum Gasteiger partial charge on any atom is -0.369 e. The second kappa shape index (κ2) is 5.52. The highest BCUT2D eigenvalue weighted by atomic mass is 79.9. The molecule has 4 heteroatoms. The first-order valence-electron chi connectivity index (χ1n) is 7.09. The topological polar surface area (TPSA) is 37.8 Å². The third kappa shape index (κ3) is 2.22. The third-order valence-electron chi connectivity index (χ3n) is 4.05. The van der Waals surface area contributed by atoms with Gasteiger partial charge in [-0.25, -0.2) is 9.97 Å². The number of benzene rings is 1. The lowest BCUT2D eigenvalue weighted by atomic mass is 9.64. The van der Waals surface area contributed by atoms with E-state index >= 15 is 0 Å². The minimum absolute atomic E-state index is 0.00608. The molecule has 1 fully saturated rings. The van der Waals surface area contributed by atoms with Crippen LogP contribution in [0.4, 0.5) is 5.82 Å². The van der Waals surface area contributed by atoms with Crippen LogP contribution < -0.4 is 5.32 Å². The first-order valence-corrected chi connectivity index (χ1v) is 7.88. The zero-order valence-corrected chi connectivity index (χ0v) is 13.2. The van der Waals surface area contributed by atoms with Gasteiger partial charge in [0, 0.05) is 12.7 Å². The number of nitrogens with zero attached hydrogens (tertiary/aromatic N) is 2. The van der Waals surface area contributed by atoms with Crippen LogP contribution in [-0.2, 0) is 5.41 Å². The molecule has 0 radical (unpaired) electrons. The molecule has 3 nitrogen and oxygen atoms in total. The lowest BCUT2D eigenvalue weighted by Crippen LogP contribution is -2.37. The summed E-state index contributed by atoms with van der Waals surface area (Å²) in [4.78, 5) is 9.36. The molecule has 1 aromatic carbocycles. The molecule has 0 spiro atoms. The maximum absolute atomic E-state index is 4.76. The Kier molecular flexibility index (Phi) is 3.74. The summed E-state index contributed by atoms with van der Waals surface area (Å²) in [6.45, 7) is 2.93. The number of rotatable bonds is 4. The smallest absolute Gasteiger partial charge is 0.144 e. The highest BCUT2D eigenvalue weighted by Gasteiger charge is 2.43. The van der Waals surface area contributed by atoms with Crippen molar-refractivity contribution < 1.29 is 0 Å². The molecule has 1 heterocycles. The zero-order valence-electron chi connectivity index (χ0n) is 11.6. The van der Waals surface area contributed by atoms with Crippen molar-refractivity contribution in [1.82, 2.24) is 9.97 Å². The molecule has 104 valence electrons. The third-order valence-corrected chi connectivity index (χ3v) is 4.63. The molecular formula is C16H18BrN3. The fourth-order valence-corrected chi connectivity index (χ4v) is 3.15. The van der Waals surface area contributed by atoms with E-state index in [4.69, 9.17) is 4.98 Å². The number of anilines is 1. The summed E-state index contributed by atoms with van der Waals surface area (Å²) >= 11 is 3.51. The van der Waals surface area contributed by atoms with Crippen molar-refractivity contribution in [2.75, 3.05) is 11.9 Å². The predicted octanol–water partition coefficient (Wildman–Crippen LogP) is 4.14. The molecule has 0 unspecified atom stereocenters. The van der Waals surface area contributed by atoms with Crippen LogP contribution in [0, 0.1) is 0 Å². The molecule has 0 bridgehead atoms. The van der Waals surface area contributed by atoms with Gasteiger partial charge in [0.2, 0.25) is 0 Å². The second-order valence-electron chi connectivity index (χ2n) is 5.22. The Balaban J connectivity index is 2.04. The van der Waals surface area contributed by atoms with Gasteiger partial charge in [-0.1, -0.05) is 36.8 Å². The van der Waals surface area contributed by atoms with Crippen molar-refractivity contribution in [2.45, 2.75) is 31.6 Å². The summed E-state index contributed by atoms with van der Waals surface area (Å²) in [6.07, 6.45) is 5.36. The van der Waals surface area contributed by atoms with Crippen molar-refractivity contribution in [2.24, 2.45) is 0 Å². The van der Waals surface area contributed by atoms with Crippen LogP contribution in [0.1, 0.15) is 37.6 Å². The fourth-order valence-electron chi connectivity index (χ4n) is 2.82. The Hall–Kier alpha value is -1.42. The number of hydrogen-bond donors (Lipinski definition) is 1. The van der Waals surface area contributed by atoms with Gasteiger partial charge in [-0.05, 0) is 41.3 Å². The molecule has 20 heavy (non-hydrogen) atoms. The normalized spacial score (nSPS) is 16.5. The number of hydrogen-bond acceptors (Lipinski definition) is 3. The molecule has 0 atom stereocenters. The first-order chi connectivity index (χ1) is 9.76. The van der Waals surface area contributed by atoms with Gasteiger partial charge in [-0.3, -0.25) is 0 Å². The minimum atomic E-state index is 0.00608. The van der Waals surface area contributed by atoms with E-state index < -0.39 is 0 Å². The number of aromatic nitrogens is 2. The molecule has 2 aromatic rings. The summed E-state index contributed by atoms with van der Waals surface area (Å²) in [5.74, 6) is 1.83. The van der Waals surface area contributed by atoms with Crippen molar-refractivity contribution in [1.29, 1.82) is 0 Å². The van der Waals surface area contributed by atoms with Gasteiger partial charge in [0.1, 0.15) is 11.6 Å². The van der Waals surface area contributed by atoms with Gasteiger partial charge in [0.25, 0.3) is 0 Å². The standard InChI is InChI=1S/C16H18BrN3/c1-2-18-14-13(17)11-19-15(20-14)16(9-6-10-16)12-7-4-3-5-8-12/h3-5,7-8,11H,2,6,9-10H2,1H3,(H,18,19,20). The molecular weight excluding hydrogens is 314 g/mol. The Morgan fingerprint density at radius 3 is 2.60 bits per heavy atom. The van der Waals surface area contributed by atoms with Crippen LogP contribution >= 0.6 is 15.9 Å². The van der Waals surface area contributed by atoms with E-state index in [9.17, 15) is 0 Å². The van der Waals surface area contributed by atoms with Gasteiger partial charge in [-0.15, -0.1) is 0 Å². The van der Waals surface area contributed by atoms with Crippen LogP contribution in [0.3, 0.4) is 0 Å². The maximum Gasteiger partial charge on any atom is 0.144 e. The van der Waals surface area contributed by atoms with E-state index in [-0.39, 0.29) is 5.41 Å². The molecule has 0 amide bonds. The average molecular weight is 332 g/mol. The summed E-state index contributed by atoms with van der Waals surface area (Å²) in [5.41, 5.74) is 1.34. The van der Waals surface area contributed by atoms with Crippen LogP contribution in [0.5, 0.6) is 0 Å². The van der Waals surface area contributed by atoms with Crippen molar-refractivity contribution >= 4 is 21.7 Å². The molecule has 3 rings (SSSR count). The van der Waals surface area contributed by atoms with E-state index in [1.807, 2.05) is 6.20 Å². The molecule has 1 aliphatic carbocycles. The van der Waals surface area contributed by atoms with Crippen LogP contribution in [0.15, 0.2) is 41.0 Å². The average Bonchev–Trinajstić information content (AvgIpc) is 2.43. The van der Waals surface area contributed by atoms with Gasteiger partial charge in [0.05, 0.1) is 9.89 Å².